The summed E-state index contributed by atoms with van der Waals surface area (Å²) in [6.45, 7) is 5.64. The van der Waals surface area contributed by atoms with Gasteiger partial charge in [-0.2, -0.15) is 0 Å². The molecular weight excluding hydrogens is 199 g/mol. The van der Waals surface area contributed by atoms with Crippen molar-refractivity contribution in [2.45, 2.75) is 44.9 Å². The van der Waals surface area contributed by atoms with Gasteiger partial charge in [0.25, 0.3) is 0 Å². The van der Waals surface area contributed by atoms with Crippen LogP contribution in [0.25, 0.3) is 0 Å². The molecule has 0 radical (unpaired) electrons. The normalized spacial score (nSPS) is 26.4. The predicted molar refractivity (Wildman–Crippen MR) is 55.5 cm³/mol. The van der Waals surface area contributed by atoms with Crippen LogP contribution in [0.3, 0.4) is 0 Å². The van der Waals surface area contributed by atoms with E-state index in [2.05, 4.69) is 10.6 Å². The van der Waals surface area contributed by atoms with E-state index in [1.165, 1.54) is 0 Å². The molecule has 0 aromatic rings. The molecule has 4 nitrogen and oxygen atoms in total. The van der Waals surface area contributed by atoms with Crippen LogP contribution in [0.4, 0.5) is 9.18 Å². The monoisotopic (exact) mass is 218 g/mol. The van der Waals surface area contributed by atoms with Crippen LogP contribution in [-0.4, -0.2) is 37.0 Å². The number of hydrogen-bond acceptors (Lipinski definition) is 3. The van der Waals surface area contributed by atoms with Gasteiger partial charge >= 0.3 is 6.09 Å². The van der Waals surface area contributed by atoms with E-state index in [1.54, 1.807) is 0 Å². The number of nitrogens with one attached hydrogen (secondary N) is 2. The van der Waals surface area contributed by atoms with Gasteiger partial charge in [-0.1, -0.05) is 0 Å². The first-order chi connectivity index (χ1) is 6.90. The maximum atomic E-state index is 12.3. The van der Waals surface area contributed by atoms with Crippen molar-refractivity contribution in [3.63, 3.8) is 0 Å². The topological polar surface area (TPSA) is 50.4 Å². The van der Waals surface area contributed by atoms with Crippen LogP contribution in [0, 0.1) is 0 Å². The van der Waals surface area contributed by atoms with Crippen molar-refractivity contribution in [2.75, 3.05) is 13.2 Å². The molecule has 2 N–H and O–H groups in total. The van der Waals surface area contributed by atoms with Crippen molar-refractivity contribution >= 4 is 6.09 Å². The second-order valence-corrected chi connectivity index (χ2v) is 4.84. The summed E-state index contributed by atoms with van der Waals surface area (Å²) in [6.07, 6.45) is 0.184. The highest BCUT2D eigenvalue weighted by molar-refractivity contribution is 5.68. The van der Waals surface area contributed by atoms with E-state index in [9.17, 15) is 9.18 Å². The van der Waals surface area contributed by atoms with E-state index in [0.717, 1.165) is 0 Å². The Morgan fingerprint density at radius 2 is 2.27 bits per heavy atom. The SMILES string of the molecule is CC(C)(C)OC(=O)N[C@@H]1CN[C@@H](CF)C1. The number of alkyl carbamates (subject to hydrolysis) is 1. The number of carbonyl (C=O) groups excluding carboxylic acids is 1. The van der Waals surface area contributed by atoms with Gasteiger partial charge in [-0.05, 0) is 27.2 Å². The predicted octanol–water partition coefficient (Wildman–Crippen LogP) is 1.21. The summed E-state index contributed by atoms with van der Waals surface area (Å²) >= 11 is 0. The summed E-state index contributed by atoms with van der Waals surface area (Å²) in [4.78, 5) is 11.4. The van der Waals surface area contributed by atoms with Gasteiger partial charge in [0, 0.05) is 18.6 Å². The second kappa shape index (κ2) is 4.79. The summed E-state index contributed by atoms with van der Waals surface area (Å²) in [7, 11) is 0. The summed E-state index contributed by atoms with van der Waals surface area (Å²) in [5.74, 6) is 0. The van der Waals surface area contributed by atoms with Crippen molar-refractivity contribution in [2.24, 2.45) is 0 Å². The van der Waals surface area contributed by atoms with Gasteiger partial charge in [0.2, 0.25) is 0 Å². The van der Waals surface area contributed by atoms with Crippen molar-refractivity contribution < 1.29 is 13.9 Å². The van der Waals surface area contributed by atoms with Crippen LogP contribution < -0.4 is 10.6 Å². The standard InChI is InChI=1S/C10H19FN2O2/c1-10(2,3)15-9(14)13-8-4-7(5-11)12-6-8/h7-8,12H,4-6H2,1-3H3,(H,13,14)/t7-,8+/m1/s1. The van der Waals surface area contributed by atoms with E-state index >= 15 is 0 Å². The molecule has 0 aromatic heterocycles. The quantitative estimate of drug-likeness (QED) is 0.732. The Bertz CT molecular complexity index is 228. The van der Waals surface area contributed by atoms with E-state index in [4.69, 9.17) is 4.74 Å². The van der Waals surface area contributed by atoms with Gasteiger partial charge < -0.3 is 15.4 Å². The van der Waals surface area contributed by atoms with Crippen molar-refractivity contribution in [1.82, 2.24) is 10.6 Å². The minimum atomic E-state index is -0.490. The number of halogens is 1. The van der Waals surface area contributed by atoms with Gasteiger partial charge in [0.05, 0.1) is 0 Å². The minimum Gasteiger partial charge on any atom is -0.444 e. The first-order valence-electron chi connectivity index (χ1n) is 5.19. The Hall–Kier alpha value is -0.840. The molecule has 1 aliphatic heterocycles. The highest BCUT2D eigenvalue weighted by atomic mass is 19.1. The molecule has 5 heteroatoms. The largest absolute Gasteiger partial charge is 0.444 e. The van der Waals surface area contributed by atoms with Crippen LogP contribution in [-0.2, 0) is 4.74 Å². The fourth-order valence-corrected chi connectivity index (χ4v) is 1.52. The molecule has 1 heterocycles. The molecule has 1 rings (SSSR count). The van der Waals surface area contributed by atoms with Crippen molar-refractivity contribution in [3.05, 3.63) is 0 Å². The Labute approximate surface area is 89.6 Å². The van der Waals surface area contributed by atoms with Crippen molar-refractivity contribution in [3.8, 4) is 0 Å². The highest BCUT2D eigenvalue weighted by Gasteiger charge is 2.26. The van der Waals surface area contributed by atoms with Crippen LogP contribution in [0.1, 0.15) is 27.2 Å². The maximum Gasteiger partial charge on any atom is 0.407 e. The van der Waals surface area contributed by atoms with Crippen LogP contribution in [0.15, 0.2) is 0 Å². The van der Waals surface area contributed by atoms with E-state index in [-0.39, 0.29) is 12.1 Å². The third-order valence-electron chi connectivity index (χ3n) is 2.13. The zero-order chi connectivity index (χ0) is 11.5. The minimum absolute atomic E-state index is 0.0272. The molecule has 0 spiro atoms. The number of alkyl halides is 1. The Balaban J connectivity index is 2.28. The third-order valence-corrected chi connectivity index (χ3v) is 2.13. The van der Waals surface area contributed by atoms with Crippen molar-refractivity contribution in [1.29, 1.82) is 0 Å². The number of ether oxygens (including phenoxy) is 1. The van der Waals surface area contributed by atoms with Gasteiger partial charge in [-0.25, -0.2) is 9.18 Å². The second-order valence-electron chi connectivity index (χ2n) is 4.84. The molecule has 0 aromatic carbocycles. The molecular formula is C10H19FN2O2. The number of hydrogen-bond donors (Lipinski definition) is 2. The lowest BCUT2D eigenvalue weighted by Crippen LogP contribution is -2.40. The van der Waals surface area contributed by atoms with Crippen LogP contribution in [0.5, 0.6) is 0 Å². The zero-order valence-electron chi connectivity index (χ0n) is 9.47. The molecule has 1 saturated heterocycles. The number of carbonyl (C=O) groups is 1. The van der Waals surface area contributed by atoms with E-state index in [1.807, 2.05) is 20.8 Å². The third kappa shape index (κ3) is 4.46. The molecule has 1 fully saturated rings. The number of amides is 1. The molecule has 0 aliphatic carbocycles. The Morgan fingerprint density at radius 3 is 2.73 bits per heavy atom. The smallest absolute Gasteiger partial charge is 0.407 e. The molecule has 2 atom stereocenters. The fourth-order valence-electron chi connectivity index (χ4n) is 1.52. The lowest BCUT2D eigenvalue weighted by atomic mass is 10.2. The first kappa shape index (κ1) is 12.2. The maximum absolute atomic E-state index is 12.3. The molecule has 88 valence electrons. The van der Waals surface area contributed by atoms with Crippen LogP contribution >= 0.6 is 0 Å². The lowest BCUT2D eigenvalue weighted by molar-refractivity contribution is 0.0508. The van der Waals surface area contributed by atoms with E-state index < -0.39 is 18.4 Å². The summed E-state index contributed by atoms with van der Waals surface area (Å²) in [5.41, 5.74) is -0.490. The van der Waals surface area contributed by atoms with Gasteiger partial charge in [0.1, 0.15) is 12.3 Å². The van der Waals surface area contributed by atoms with Gasteiger partial charge in [0.15, 0.2) is 0 Å². The average molecular weight is 218 g/mol. The zero-order valence-corrected chi connectivity index (χ0v) is 9.47. The number of rotatable bonds is 2. The molecule has 1 aliphatic rings. The van der Waals surface area contributed by atoms with Gasteiger partial charge in [-0.3, -0.25) is 0 Å². The Kier molecular flexibility index (Phi) is 3.90. The first-order valence-corrected chi connectivity index (χ1v) is 5.19. The molecule has 0 unspecified atom stereocenters. The summed E-state index contributed by atoms with van der Waals surface area (Å²) in [6, 6.07) is -0.162. The van der Waals surface area contributed by atoms with Gasteiger partial charge in [-0.15, -0.1) is 0 Å². The molecule has 1 amide bonds. The van der Waals surface area contributed by atoms with E-state index in [0.29, 0.717) is 13.0 Å². The lowest BCUT2D eigenvalue weighted by Gasteiger charge is -2.21. The fraction of sp³-hybridized carbons (Fsp3) is 0.900. The summed E-state index contributed by atoms with van der Waals surface area (Å²) < 4.78 is 17.4. The molecule has 15 heavy (non-hydrogen) atoms. The summed E-state index contributed by atoms with van der Waals surface area (Å²) in [5, 5.41) is 5.69. The van der Waals surface area contributed by atoms with Crippen LogP contribution in [0.2, 0.25) is 0 Å². The Morgan fingerprint density at radius 1 is 1.60 bits per heavy atom. The molecule has 0 saturated carbocycles. The highest BCUT2D eigenvalue weighted by Crippen LogP contribution is 2.10. The average Bonchev–Trinajstić information content (AvgIpc) is 2.48. The molecule has 0 bridgehead atoms.